The number of aliphatic carboxylic acids is 1. The van der Waals surface area contributed by atoms with Crippen LogP contribution in [0.5, 0.6) is 5.75 Å². The van der Waals surface area contributed by atoms with E-state index < -0.39 is 28.0 Å². The number of ether oxygens (including phenoxy) is 1. The highest BCUT2D eigenvalue weighted by molar-refractivity contribution is 7.89. The first-order valence-corrected chi connectivity index (χ1v) is 10.7. The van der Waals surface area contributed by atoms with Gasteiger partial charge in [-0.25, -0.2) is 8.42 Å². The Hall–Kier alpha value is -3.17. The number of hydrogen-bond donors (Lipinski definition) is 2. The molecule has 0 spiro atoms. The maximum atomic E-state index is 12.5. The second-order valence-electron chi connectivity index (χ2n) is 7.01. The van der Waals surface area contributed by atoms with E-state index >= 15 is 0 Å². The highest BCUT2D eigenvalue weighted by Crippen LogP contribution is 2.28. The Bertz CT molecular complexity index is 1120. The number of hydrogen-bond acceptors (Lipinski definition) is 6. The van der Waals surface area contributed by atoms with E-state index in [0.717, 1.165) is 11.3 Å². The molecule has 2 aromatic carbocycles. The van der Waals surface area contributed by atoms with Crippen LogP contribution in [0.1, 0.15) is 13.8 Å². The van der Waals surface area contributed by atoms with Crippen LogP contribution in [0.2, 0.25) is 0 Å². The van der Waals surface area contributed by atoms with Gasteiger partial charge in [-0.15, -0.1) is 0 Å². The summed E-state index contributed by atoms with van der Waals surface area (Å²) in [5, 5.41) is 13.3. The van der Waals surface area contributed by atoms with Gasteiger partial charge in [-0.1, -0.05) is 19.0 Å². The highest BCUT2D eigenvalue weighted by atomic mass is 32.2. The Labute approximate surface area is 174 Å². The fourth-order valence-corrected chi connectivity index (χ4v) is 4.15. The molecule has 0 fully saturated rings. The van der Waals surface area contributed by atoms with Gasteiger partial charge in [0.1, 0.15) is 17.5 Å². The molecule has 2 N–H and O–H groups in total. The van der Waals surface area contributed by atoms with Gasteiger partial charge in [-0.05, 0) is 54.4 Å². The molecule has 9 heteroatoms. The number of rotatable bonds is 8. The number of benzene rings is 2. The lowest BCUT2D eigenvalue weighted by molar-refractivity contribution is -0.140. The van der Waals surface area contributed by atoms with E-state index in [0.29, 0.717) is 17.0 Å². The third kappa shape index (κ3) is 4.69. The van der Waals surface area contributed by atoms with Gasteiger partial charge < -0.3 is 14.4 Å². The topological polar surface area (TPSA) is 119 Å². The first-order valence-electron chi connectivity index (χ1n) is 9.18. The minimum atomic E-state index is -3.98. The van der Waals surface area contributed by atoms with Crippen molar-refractivity contribution < 1.29 is 27.6 Å². The molecule has 3 rings (SSSR count). The van der Waals surface area contributed by atoms with Crippen molar-refractivity contribution >= 4 is 16.0 Å². The van der Waals surface area contributed by atoms with E-state index in [2.05, 4.69) is 9.88 Å². The van der Waals surface area contributed by atoms with E-state index in [1.807, 2.05) is 24.3 Å². The normalized spacial score (nSPS) is 12.7. The van der Waals surface area contributed by atoms with E-state index in [1.54, 1.807) is 39.2 Å². The van der Waals surface area contributed by atoms with E-state index in [4.69, 9.17) is 9.26 Å². The lowest BCUT2D eigenvalue weighted by atomic mass is 10.1. The SMILES string of the molecule is COc1ccc(-c2cc(-c3ccc(S(=O)(=O)NC(C(=O)O)C(C)C)cc3)on2)cc1. The zero-order valence-corrected chi connectivity index (χ0v) is 17.5. The van der Waals surface area contributed by atoms with Crippen LogP contribution in [0.25, 0.3) is 22.6 Å². The number of sulfonamides is 1. The maximum Gasteiger partial charge on any atom is 0.322 e. The second kappa shape index (κ2) is 8.68. The molecule has 0 bridgehead atoms. The molecule has 0 amide bonds. The lowest BCUT2D eigenvalue weighted by Gasteiger charge is -2.18. The predicted octanol–water partition coefficient (Wildman–Crippen LogP) is 3.40. The van der Waals surface area contributed by atoms with Crippen LogP contribution in [-0.2, 0) is 14.8 Å². The standard InChI is InChI=1S/C21H22N2O6S/c1-13(2)20(21(24)25)23-30(26,27)17-10-6-15(7-11-17)19-12-18(22-29-19)14-4-8-16(28-3)9-5-14/h4-13,20,23H,1-3H3,(H,24,25). The first-order chi connectivity index (χ1) is 14.2. The molecule has 1 atom stereocenters. The number of carbonyl (C=O) groups is 1. The molecule has 1 aromatic heterocycles. The van der Waals surface area contributed by atoms with Gasteiger partial charge in [0.25, 0.3) is 0 Å². The van der Waals surface area contributed by atoms with Crippen LogP contribution < -0.4 is 9.46 Å². The fourth-order valence-electron chi connectivity index (χ4n) is 2.81. The third-order valence-electron chi connectivity index (χ3n) is 4.56. The van der Waals surface area contributed by atoms with Gasteiger partial charge in [-0.3, -0.25) is 4.79 Å². The van der Waals surface area contributed by atoms with Crippen LogP contribution in [0, 0.1) is 5.92 Å². The summed E-state index contributed by atoms with van der Waals surface area (Å²) < 4.78 is 37.8. The van der Waals surface area contributed by atoms with Crippen LogP contribution in [0.3, 0.4) is 0 Å². The molecule has 30 heavy (non-hydrogen) atoms. The first kappa shape index (κ1) is 21.5. The van der Waals surface area contributed by atoms with Crippen LogP contribution in [0.15, 0.2) is 64.0 Å². The lowest BCUT2D eigenvalue weighted by Crippen LogP contribution is -2.44. The van der Waals surface area contributed by atoms with E-state index in [9.17, 15) is 18.3 Å². The maximum absolute atomic E-state index is 12.5. The molecule has 8 nitrogen and oxygen atoms in total. The number of nitrogens with zero attached hydrogens (tertiary/aromatic N) is 1. The molecular weight excluding hydrogens is 408 g/mol. The number of carboxylic acids is 1. The highest BCUT2D eigenvalue weighted by Gasteiger charge is 2.28. The summed E-state index contributed by atoms with van der Waals surface area (Å²) in [6.07, 6.45) is 0. The van der Waals surface area contributed by atoms with Crippen LogP contribution in [-0.4, -0.2) is 37.8 Å². The Kier molecular flexibility index (Phi) is 6.23. The molecule has 3 aromatic rings. The molecule has 1 heterocycles. The Morgan fingerprint density at radius 1 is 1.07 bits per heavy atom. The number of carboxylic acid groups (broad SMARTS) is 1. The van der Waals surface area contributed by atoms with Gasteiger partial charge in [0.05, 0.1) is 12.0 Å². The van der Waals surface area contributed by atoms with Crippen molar-refractivity contribution in [1.29, 1.82) is 0 Å². The summed E-state index contributed by atoms with van der Waals surface area (Å²) in [5.74, 6) is -0.418. The molecule has 0 aliphatic heterocycles. The Balaban J connectivity index is 1.80. The molecular formula is C21H22N2O6S. The van der Waals surface area contributed by atoms with Crippen molar-refractivity contribution in [3.05, 3.63) is 54.6 Å². The van der Waals surface area contributed by atoms with Gasteiger partial charge >= 0.3 is 5.97 Å². The molecule has 0 saturated carbocycles. The van der Waals surface area contributed by atoms with Crippen molar-refractivity contribution in [3.8, 4) is 28.3 Å². The van der Waals surface area contributed by atoms with Gasteiger partial charge in [-0.2, -0.15) is 4.72 Å². The van der Waals surface area contributed by atoms with Crippen molar-refractivity contribution in [2.45, 2.75) is 24.8 Å². The number of methoxy groups -OCH3 is 1. The molecule has 0 saturated heterocycles. The van der Waals surface area contributed by atoms with Crippen molar-refractivity contribution in [3.63, 3.8) is 0 Å². The van der Waals surface area contributed by atoms with E-state index in [-0.39, 0.29) is 4.90 Å². The van der Waals surface area contributed by atoms with E-state index in [1.165, 1.54) is 12.1 Å². The van der Waals surface area contributed by atoms with Crippen molar-refractivity contribution in [2.24, 2.45) is 5.92 Å². The Morgan fingerprint density at radius 2 is 1.67 bits per heavy atom. The third-order valence-corrected chi connectivity index (χ3v) is 6.02. The molecule has 0 aliphatic carbocycles. The zero-order chi connectivity index (χ0) is 21.9. The summed E-state index contributed by atoms with van der Waals surface area (Å²) in [6, 6.07) is 13.8. The summed E-state index contributed by atoms with van der Waals surface area (Å²) in [7, 11) is -2.39. The molecule has 0 radical (unpaired) electrons. The number of aromatic nitrogens is 1. The molecule has 0 aliphatic rings. The average Bonchev–Trinajstić information content (AvgIpc) is 3.22. The second-order valence-corrected chi connectivity index (χ2v) is 8.72. The molecule has 158 valence electrons. The monoisotopic (exact) mass is 430 g/mol. The quantitative estimate of drug-likeness (QED) is 0.562. The summed E-state index contributed by atoms with van der Waals surface area (Å²) >= 11 is 0. The van der Waals surface area contributed by atoms with Crippen molar-refractivity contribution in [1.82, 2.24) is 9.88 Å². The minimum absolute atomic E-state index is 0.0342. The Morgan fingerprint density at radius 3 is 2.20 bits per heavy atom. The van der Waals surface area contributed by atoms with Crippen molar-refractivity contribution in [2.75, 3.05) is 7.11 Å². The van der Waals surface area contributed by atoms with Gasteiger partial charge in [0, 0.05) is 17.2 Å². The number of nitrogens with one attached hydrogen (secondary N) is 1. The fraction of sp³-hybridized carbons (Fsp3) is 0.238. The average molecular weight is 430 g/mol. The van der Waals surface area contributed by atoms with Crippen LogP contribution in [0.4, 0.5) is 0 Å². The minimum Gasteiger partial charge on any atom is -0.497 e. The zero-order valence-electron chi connectivity index (χ0n) is 16.7. The van der Waals surface area contributed by atoms with Gasteiger partial charge in [0.2, 0.25) is 10.0 Å². The van der Waals surface area contributed by atoms with Gasteiger partial charge in [0.15, 0.2) is 5.76 Å². The molecule has 1 unspecified atom stereocenters. The largest absolute Gasteiger partial charge is 0.497 e. The predicted molar refractivity (Wildman–Crippen MR) is 111 cm³/mol. The summed E-state index contributed by atoms with van der Waals surface area (Å²) in [4.78, 5) is 11.3. The summed E-state index contributed by atoms with van der Waals surface area (Å²) in [6.45, 7) is 3.27. The smallest absolute Gasteiger partial charge is 0.322 e. The summed E-state index contributed by atoms with van der Waals surface area (Å²) in [5.41, 5.74) is 2.12. The van der Waals surface area contributed by atoms with Crippen LogP contribution >= 0.6 is 0 Å².